The summed E-state index contributed by atoms with van der Waals surface area (Å²) in [4.78, 5) is 0.117. The fourth-order valence-corrected chi connectivity index (χ4v) is 3.51. The van der Waals surface area contributed by atoms with Crippen molar-refractivity contribution < 1.29 is 12.8 Å². The molecule has 0 atom stereocenters. The van der Waals surface area contributed by atoms with Gasteiger partial charge in [-0.15, -0.1) is 10.2 Å². The molecule has 3 rings (SSSR count). The van der Waals surface area contributed by atoms with Gasteiger partial charge in [0.1, 0.15) is 0 Å². The summed E-state index contributed by atoms with van der Waals surface area (Å²) < 4.78 is 32.5. The van der Waals surface area contributed by atoms with Crippen LogP contribution in [0.15, 0.2) is 57.8 Å². The van der Waals surface area contributed by atoms with Crippen LogP contribution in [0.5, 0.6) is 0 Å². The SMILES string of the molecule is Cc1ccc(-c2nnc(CCNS(=O)(=O)c3cccc(Cl)c3)o2)cc1. The van der Waals surface area contributed by atoms with Crippen LogP contribution in [-0.2, 0) is 16.4 Å². The molecular weight excluding hydrogens is 362 g/mol. The average Bonchev–Trinajstić information content (AvgIpc) is 3.04. The standard InChI is InChI=1S/C17H16ClN3O3S/c1-12-5-7-13(8-6-12)17-21-20-16(24-17)9-10-19-25(22,23)15-4-2-3-14(18)11-15/h2-8,11,19H,9-10H2,1H3. The Balaban J connectivity index is 1.62. The lowest BCUT2D eigenvalue weighted by Crippen LogP contribution is -2.26. The first-order valence-corrected chi connectivity index (χ1v) is 9.45. The topological polar surface area (TPSA) is 85.1 Å². The van der Waals surface area contributed by atoms with E-state index in [0.717, 1.165) is 11.1 Å². The third-order valence-electron chi connectivity index (χ3n) is 3.50. The molecule has 0 saturated heterocycles. The zero-order chi connectivity index (χ0) is 17.9. The van der Waals surface area contributed by atoms with Crippen molar-refractivity contribution in [2.45, 2.75) is 18.2 Å². The van der Waals surface area contributed by atoms with Crippen LogP contribution >= 0.6 is 11.6 Å². The molecular formula is C17H16ClN3O3S. The van der Waals surface area contributed by atoms with Crippen LogP contribution in [0.1, 0.15) is 11.5 Å². The van der Waals surface area contributed by atoms with Crippen LogP contribution in [0.3, 0.4) is 0 Å². The second-order valence-corrected chi connectivity index (χ2v) is 7.68. The lowest BCUT2D eigenvalue weighted by Gasteiger charge is -2.05. The Morgan fingerprint density at radius 1 is 1.12 bits per heavy atom. The van der Waals surface area contributed by atoms with Gasteiger partial charge in [-0.25, -0.2) is 13.1 Å². The number of hydrogen-bond donors (Lipinski definition) is 1. The van der Waals surface area contributed by atoms with Gasteiger partial charge in [0.2, 0.25) is 21.8 Å². The number of rotatable bonds is 6. The molecule has 8 heteroatoms. The Labute approximate surface area is 150 Å². The molecule has 1 aromatic heterocycles. The average molecular weight is 378 g/mol. The molecule has 0 aliphatic carbocycles. The summed E-state index contributed by atoms with van der Waals surface area (Å²) in [7, 11) is -3.63. The molecule has 130 valence electrons. The van der Waals surface area contributed by atoms with Crippen molar-refractivity contribution in [2.75, 3.05) is 6.54 Å². The van der Waals surface area contributed by atoms with Crippen LogP contribution in [0.4, 0.5) is 0 Å². The number of benzene rings is 2. The minimum absolute atomic E-state index is 0.117. The number of aromatic nitrogens is 2. The summed E-state index contributed by atoms with van der Waals surface area (Å²) in [6.45, 7) is 2.14. The molecule has 3 aromatic rings. The monoisotopic (exact) mass is 377 g/mol. The number of halogens is 1. The maximum Gasteiger partial charge on any atom is 0.247 e. The van der Waals surface area contributed by atoms with Crippen LogP contribution < -0.4 is 4.72 Å². The van der Waals surface area contributed by atoms with E-state index in [9.17, 15) is 8.42 Å². The maximum atomic E-state index is 12.2. The molecule has 0 aliphatic rings. The normalized spacial score (nSPS) is 11.6. The quantitative estimate of drug-likeness (QED) is 0.712. The summed E-state index contributed by atoms with van der Waals surface area (Å²) in [5.41, 5.74) is 1.96. The molecule has 0 unspecified atom stereocenters. The van der Waals surface area contributed by atoms with Crippen LogP contribution in [-0.4, -0.2) is 25.2 Å². The fraction of sp³-hybridized carbons (Fsp3) is 0.176. The molecule has 0 fully saturated rings. The van der Waals surface area contributed by atoms with E-state index in [1.807, 2.05) is 31.2 Å². The molecule has 2 aromatic carbocycles. The highest BCUT2D eigenvalue weighted by molar-refractivity contribution is 7.89. The summed E-state index contributed by atoms with van der Waals surface area (Å²) in [5, 5.41) is 8.30. The number of nitrogens with zero attached hydrogens (tertiary/aromatic N) is 2. The Hall–Kier alpha value is -2.22. The largest absolute Gasteiger partial charge is 0.421 e. The summed E-state index contributed by atoms with van der Waals surface area (Å²) in [5.74, 6) is 0.775. The molecule has 0 amide bonds. The molecule has 0 saturated carbocycles. The third-order valence-corrected chi connectivity index (χ3v) is 5.20. The fourth-order valence-electron chi connectivity index (χ4n) is 2.18. The van der Waals surface area contributed by atoms with E-state index < -0.39 is 10.0 Å². The molecule has 25 heavy (non-hydrogen) atoms. The van der Waals surface area contributed by atoms with Gasteiger partial charge in [0.05, 0.1) is 4.90 Å². The van der Waals surface area contributed by atoms with E-state index in [1.54, 1.807) is 12.1 Å². The van der Waals surface area contributed by atoms with Crippen molar-refractivity contribution in [3.05, 3.63) is 65.0 Å². The number of sulfonamides is 1. The first-order chi connectivity index (χ1) is 11.9. The van der Waals surface area contributed by atoms with E-state index in [-0.39, 0.29) is 11.4 Å². The third kappa shape index (κ3) is 4.45. The summed E-state index contributed by atoms with van der Waals surface area (Å²) >= 11 is 5.83. The predicted molar refractivity (Wildman–Crippen MR) is 94.8 cm³/mol. The molecule has 1 N–H and O–H groups in total. The van der Waals surface area contributed by atoms with E-state index in [1.165, 1.54) is 12.1 Å². The van der Waals surface area contributed by atoms with Gasteiger partial charge < -0.3 is 4.42 Å². The molecule has 1 heterocycles. The van der Waals surface area contributed by atoms with Gasteiger partial charge in [0, 0.05) is 23.6 Å². The molecule has 0 bridgehead atoms. The number of nitrogens with one attached hydrogen (secondary N) is 1. The van der Waals surface area contributed by atoms with Crippen molar-refractivity contribution in [1.82, 2.24) is 14.9 Å². The van der Waals surface area contributed by atoms with Crippen molar-refractivity contribution in [1.29, 1.82) is 0 Å². The van der Waals surface area contributed by atoms with Crippen molar-refractivity contribution >= 4 is 21.6 Å². The molecule has 0 aliphatic heterocycles. The summed E-state index contributed by atoms with van der Waals surface area (Å²) in [6.07, 6.45) is 0.290. The van der Waals surface area contributed by atoms with E-state index in [4.69, 9.17) is 16.0 Å². The zero-order valence-corrected chi connectivity index (χ0v) is 15.0. The van der Waals surface area contributed by atoms with Crippen LogP contribution in [0.2, 0.25) is 5.02 Å². The Kier molecular flexibility index (Phi) is 5.17. The minimum Gasteiger partial charge on any atom is -0.421 e. The highest BCUT2D eigenvalue weighted by atomic mass is 35.5. The van der Waals surface area contributed by atoms with Crippen molar-refractivity contribution in [3.63, 3.8) is 0 Å². The Bertz CT molecular complexity index is 969. The first kappa shape index (κ1) is 17.6. The van der Waals surface area contributed by atoms with Gasteiger partial charge in [0.25, 0.3) is 0 Å². The second kappa shape index (κ2) is 7.35. The van der Waals surface area contributed by atoms with Crippen LogP contribution in [0.25, 0.3) is 11.5 Å². The van der Waals surface area contributed by atoms with Crippen molar-refractivity contribution in [3.8, 4) is 11.5 Å². The first-order valence-electron chi connectivity index (χ1n) is 7.59. The highest BCUT2D eigenvalue weighted by Gasteiger charge is 2.15. The van der Waals surface area contributed by atoms with Gasteiger partial charge >= 0.3 is 0 Å². The predicted octanol–water partition coefficient (Wildman–Crippen LogP) is 3.22. The Morgan fingerprint density at radius 2 is 1.88 bits per heavy atom. The molecule has 0 spiro atoms. The second-order valence-electron chi connectivity index (χ2n) is 5.47. The van der Waals surface area contributed by atoms with Gasteiger partial charge in [-0.05, 0) is 37.3 Å². The molecule has 0 radical (unpaired) electrons. The lowest BCUT2D eigenvalue weighted by atomic mass is 10.1. The lowest BCUT2D eigenvalue weighted by molar-refractivity contribution is 0.502. The highest BCUT2D eigenvalue weighted by Crippen LogP contribution is 2.18. The number of hydrogen-bond acceptors (Lipinski definition) is 5. The summed E-state index contributed by atoms with van der Waals surface area (Å²) in [6, 6.07) is 13.8. The smallest absolute Gasteiger partial charge is 0.247 e. The van der Waals surface area contributed by atoms with Gasteiger partial charge in [-0.3, -0.25) is 0 Å². The number of aryl methyl sites for hydroxylation is 1. The van der Waals surface area contributed by atoms with Crippen LogP contribution in [0, 0.1) is 6.92 Å². The Morgan fingerprint density at radius 3 is 2.60 bits per heavy atom. The van der Waals surface area contributed by atoms with E-state index in [0.29, 0.717) is 23.2 Å². The minimum atomic E-state index is -3.63. The van der Waals surface area contributed by atoms with Crippen molar-refractivity contribution in [2.24, 2.45) is 0 Å². The maximum absolute atomic E-state index is 12.2. The van der Waals surface area contributed by atoms with E-state index in [2.05, 4.69) is 14.9 Å². The van der Waals surface area contributed by atoms with Gasteiger partial charge in [0.15, 0.2) is 0 Å². The zero-order valence-electron chi connectivity index (χ0n) is 13.4. The van der Waals surface area contributed by atoms with Gasteiger partial charge in [-0.1, -0.05) is 35.4 Å². The molecule has 6 nitrogen and oxygen atoms in total. The van der Waals surface area contributed by atoms with E-state index >= 15 is 0 Å². The van der Waals surface area contributed by atoms with Gasteiger partial charge in [-0.2, -0.15) is 0 Å².